The lowest BCUT2D eigenvalue weighted by Crippen LogP contribution is -2.31. The third-order valence-electron chi connectivity index (χ3n) is 7.40. The van der Waals surface area contributed by atoms with E-state index in [0.717, 1.165) is 74.1 Å². The topological polar surface area (TPSA) is 78.3 Å². The van der Waals surface area contributed by atoms with Gasteiger partial charge in [0.15, 0.2) is 5.65 Å². The predicted octanol–water partition coefficient (Wildman–Crippen LogP) is 5.82. The van der Waals surface area contributed by atoms with Gasteiger partial charge >= 0.3 is 0 Å². The van der Waals surface area contributed by atoms with Crippen LogP contribution in [0.1, 0.15) is 75.6 Å². The molecule has 3 heterocycles. The number of carbonyl (C=O) groups is 1. The van der Waals surface area contributed by atoms with Gasteiger partial charge in [0.1, 0.15) is 11.3 Å². The summed E-state index contributed by atoms with van der Waals surface area (Å²) < 4.78 is 2.24. The van der Waals surface area contributed by atoms with Crippen LogP contribution in [0.15, 0.2) is 36.4 Å². The Hall–Kier alpha value is -3.13. The van der Waals surface area contributed by atoms with Crippen molar-refractivity contribution in [3.05, 3.63) is 42.0 Å². The summed E-state index contributed by atoms with van der Waals surface area (Å²) in [6.07, 6.45) is 9.70. The van der Waals surface area contributed by atoms with E-state index in [2.05, 4.69) is 51.0 Å². The number of nitrogens with zero attached hydrogens (tertiary/aromatic N) is 5. The molecule has 0 aliphatic carbocycles. The lowest BCUT2D eigenvalue weighted by Gasteiger charge is -2.26. The molecule has 0 bridgehead atoms. The molecule has 1 saturated heterocycles. The van der Waals surface area contributed by atoms with Gasteiger partial charge in [0, 0.05) is 37.9 Å². The summed E-state index contributed by atoms with van der Waals surface area (Å²) in [4.78, 5) is 27.1. The number of amides is 1. The van der Waals surface area contributed by atoms with E-state index in [4.69, 9.17) is 9.97 Å². The van der Waals surface area contributed by atoms with Crippen molar-refractivity contribution in [2.45, 2.75) is 71.8 Å². The Balaban J connectivity index is 1.61. The van der Waals surface area contributed by atoms with Crippen molar-refractivity contribution >= 4 is 34.5 Å². The van der Waals surface area contributed by atoms with Crippen molar-refractivity contribution < 1.29 is 4.79 Å². The number of unbranched alkanes of at least 4 members (excludes halogenated alkanes) is 2. The molecule has 0 unspecified atom stereocenters. The highest BCUT2D eigenvalue weighted by molar-refractivity contribution is 5.94. The van der Waals surface area contributed by atoms with Gasteiger partial charge in [-0.25, -0.2) is 9.97 Å². The molecule has 0 radical (unpaired) electrons. The number of hydrogen-bond donors (Lipinski definition) is 2. The average Bonchev–Trinajstić information content (AvgIpc) is 3.29. The van der Waals surface area contributed by atoms with Gasteiger partial charge in [-0.3, -0.25) is 9.36 Å². The van der Waals surface area contributed by atoms with Gasteiger partial charge in [0.2, 0.25) is 5.95 Å². The van der Waals surface area contributed by atoms with Gasteiger partial charge < -0.3 is 20.4 Å². The number of piperidine rings is 1. The van der Waals surface area contributed by atoms with E-state index in [1.54, 1.807) is 7.05 Å². The molecule has 2 N–H and O–H groups in total. The number of fused-ring (bicyclic) bond motifs is 1. The lowest BCUT2D eigenvalue weighted by atomic mass is 10.1. The quantitative estimate of drug-likeness (QED) is 0.280. The molecule has 1 aliphatic rings. The van der Waals surface area contributed by atoms with E-state index in [1.165, 1.54) is 45.2 Å². The van der Waals surface area contributed by atoms with Crippen LogP contribution in [0.25, 0.3) is 11.2 Å². The molecule has 2 aromatic heterocycles. The highest BCUT2D eigenvalue weighted by atomic mass is 16.1. The van der Waals surface area contributed by atoms with Gasteiger partial charge in [-0.1, -0.05) is 33.1 Å². The molecule has 1 aliphatic heterocycles. The smallest absolute Gasteiger partial charge is 0.251 e. The lowest BCUT2D eigenvalue weighted by molar-refractivity contribution is 0.0963. The maximum Gasteiger partial charge on any atom is 0.251 e. The monoisotopic (exact) mass is 519 g/mol. The summed E-state index contributed by atoms with van der Waals surface area (Å²) >= 11 is 0. The van der Waals surface area contributed by atoms with Crippen LogP contribution in [-0.4, -0.2) is 65.1 Å². The van der Waals surface area contributed by atoms with Crippen LogP contribution < -0.4 is 15.5 Å². The zero-order valence-electron chi connectivity index (χ0n) is 23.5. The van der Waals surface area contributed by atoms with Crippen molar-refractivity contribution in [1.82, 2.24) is 24.8 Å². The van der Waals surface area contributed by atoms with Crippen molar-refractivity contribution in [2.24, 2.45) is 0 Å². The Kier molecular flexibility index (Phi) is 10.4. The van der Waals surface area contributed by atoms with Crippen LogP contribution in [0.5, 0.6) is 0 Å². The molecule has 1 amide bonds. The summed E-state index contributed by atoms with van der Waals surface area (Å²) in [5.74, 6) is 1.75. The number of pyridine rings is 1. The van der Waals surface area contributed by atoms with Crippen LogP contribution in [-0.2, 0) is 6.54 Å². The maximum absolute atomic E-state index is 12.0. The second-order valence-electron chi connectivity index (χ2n) is 10.3. The summed E-state index contributed by atoms with van der Waals surface area (Å²) in [6.45, 7) is 10.9. The number of nitrogens with one attached hydrogen (secondary N) is 2. The van der Waals surface area contributed by atoms with Crippen LogP contribution in [0.3, 0.4) is 0 Å². The fourth-order valence-corrected chi connectivity index (χ4v) is 5.13. The van der Waals surface area contributed by atoms with E-state index in [-0.39, 0.29) is 5.91 Å². The van der Waals surface area contributed by atoms with Gasteiger partial charge in [-0.15, -0.1) is 0 Å². The number of aromatic nitrogens is 3. The van der Waals surface area contributed by atoms with Crippen molar-refractivity contribution in [2.75, 3.05) is 50.0 Å². The molecule has 0 saturated carbocycles. The molecular weight excluding hydrogens is 474 g/mol. The first-order valence-electron chi connectivity index (χ1n) is 14.6. The van der Waals surface area contributed by atoms with Crippen molar-refractivity contribution in [3.8, 4) is 0 Å². The number of anilines is 3. The molecule has 3 aromatic rings. The summed E-state index contributed by atoms with van der Waals surface area (Å²) in [5.41, 5.74) is 3.38. The molecule has 206 valence electrons. The molecular formula is C30H45N7O. The Morgan fingerprint density at radius 3 is 2.26 bits per heavy atom. The van der Waals surface area contributed by atoms with Crippen molar-refractivity contribution in [3.63, 3.8) is 0 Å². The van der Waals surface area contributed by atoms with Crippen LogP contribution in [0.4, 0.5) is 17.5 Å². The molecule has 1 aromatic carbocycles. The third-order valence-corrected chi connectivity index (χ3v) is 7.40. The summed E-state index contributed by atoms with van der Waals surface area (Å²) in [7, 11) is 1.65. The summed E-state index contributed by atoms with van der Waals surface area (Å²) in [5, 5.41) is 6.18. The Morgan fingerprint density at radius 1 is 0.895 bits per heavy atom. The van der Waals surface area contributed by atoms with E-state index >= 15 is 0 Å². The first kappa shape index (κ1) is 27.9. The van der Waals surface area contributed by atoms with E-state index in [0.29, 0.717) is 5.56 Å². The molecule has 8 nitrogen and oxygen atoms in total. The molecule has 8 heteroatoms. The third kappa shape index (κ3) is 7.25. The van der Waals surface area contributed by atoms with E-state index in [1.807, 2.05) is 24.3 Å². The van der Waals surface area contributed by atoms with Gasteiger partial charge in [0.25, 0.3) is 5.91 Å². The minimum absolute atomic E-state index is 0.0890. The number of carbonyl (C=O) groups excluding carboxylic acids is 1. The maximum atomic E-state index is 12.0. The number of hydrogen-bond acceptors (Lipinski definition) is 6. The number of benzene rings is 1. The fourth-order valence-electron chi connectivity index (χ4n) is 5.13. The minimum atomic E-state index is -0.0890. The zero-order chi connectivity index (χ0) is 26.7. The molecule has 0 spiro atoms. The highest BCUT2D eigenvalue weighted by Crippen LogP contribution is 2.26. The van der Waals surface area contributed by atoms with E-state index in [9.17, 15) is 4.79 Å². The van der Waals surface area contributed by atoms with Crippen LogP contribution >= 0.6 is 0 Å². The minimum Gasteiger partial charge on any atom is -0.357 e. The van der Waals surface area contributed by atoms with Crippen LogP contribution in [0.2, 0.25) is 0 Å². The van der Waals surface area contributed by atoms with Crippen LogP contribution in [0, 0.1) is 0 Å². The SMILES string of the molecule is CCCCN(CCCC)c1ccc2nc(Nc3ccc(C(=O)NC)cc3)n(CCCN3CCCCC3)c2n1. The van der Waals surface area contributed by atoms with Crippen molar-refractivity contribution in [1.29, 1.82) is 0 Å². The summed E-state index contributed by atoms with van der Waals surface area (Å²) in [6, 6.07) is 11.8. The molecule has 4 rings (SSSR count). The highest BCUT2D eigenvalue weighted by Gasteiger charge is 2.17. The zero-order valence-corrected chi connectivity index (χ0v) is 23.5. The number of imidazole rings is 1. The number of aryl methyl sites for hydroxylation is 1. The van der Waals surface area contributed by atoms with E-state index < -0.39 is 0 Å². The Morgan fingerprint density at radius 2 is 1.61 bits per heavy atom. The fraction of sp³-hybridized carbons (Fsp3) is 0.567. The second-order valence-corrected chi connectivity index (χ2v) is 10.3. The first-order chi connectivity index (χ1) is 18.6. The average molecular weight is 520 g/mol. The number of rotatable bonds is 14. The number of likely N-dealkylation sites (tertiary alicyclic amines) is 1. The van der Waals surface area contributed by atoms with Gasteiger partial charge in [0.05, 0.1) is 0 Å². The normalized spacial score (nSPS) is 14.1. The largest absolute Gasteiger partial charge is 0.357 e. The molecule has 38 heavy (non-hydrogen) atoms. The Bertz CT molecular complexity index is 1140. The molecule has 0 atom stereocenters. The second kappa shape index (κ2) is 14.1. The van der Waals surface area contributed by atoms with Gasteiger partial charge in [-0.05, 0) is 88.1 Å². The van der Waals surface area contributed by atoms with Gasteiger partial charge in [-0.2, -0.15) is 0 Å². The standard InChI is InChI=1S/C30H45N7O/c1-4-6-21-36(22-7-5-2)27-17-16-26-28(34-27)37(23-11-20-35-18-9-8-10-19-35)30(33-26)32-25-14-12-24(13-15-25)29(38)31-3/h12-17H,4-11,18-23H2,1-3H3,(H,31,38)(H,32,33). The predicted molar refractivity (Wildman–Crippen MR) is 158 cm³/mol. The first-order valence-corrected chi connectivity index (χ1v) is 14.6. The Labute approximate surface area is 227 Å². The molecule has 1 fully saturated rings.